The van der Waals surface area contributed by atoms with Gasteiger partial charge in [-0.3, -0.25) is 10.1 Å². The van der Waals surface area contributed by atoms with Crippen molar-refractivity contribution < 1.29 is 14.5 Å². The Morgan fingerprint density at radius 2 is 2.24 bits per heavy atom. The molecule has 0 saturated heterocycles. The normalized spacial score (nSPS) is 11.9. The summed E-state index contributed by atoms with van der Waals surface area (Å²) in [7, 11) is 5.62. The minimum atomic E-state index is -0.577. The molecular formula is C11H12BNO4. The predicted octanol–water partition coefficient (Wildman–Crippen LogP) is 2.00. The highest BCUT2D eigenvalue weighted by atomic mass is 16.6. The third-order valence-corrected chi connectivity index (χ3v) is 2.23. The van der Waals surface area contributed by atoms with Crippen LogP contribution in [-0.4, -0.2) is 25.3 Å². The van der Waals surface area contributed by atoms with Crippen molar-refractivity contribution in [2.75, 3.05) is 6.61 Å². The molecule has 0 heterocycles. The predicted molar refractivity (Wildman–Crippen MR) is 63.2 cm³/mol. The molecular weight excluding hydrogens is 221 g/mol. The standard InChI is InChI=1S/C11H12BNO4/c1-3-17-11(14)8-4-5-9(7(2)12)10(6-8)13(15)16/h4-7H,3H2,1-2H3. The van der Waals surface area contributed by atoms with Crippen molar-refractivity contribution in [3.63, 3.8) is 0 Å². The van der Waals surface area contributed by atoms with Gasteiger partial charge in [0, 0.05) is 11.6 Å². The van der Waals surface area contributed by atoms with Crippen LogP contribution in [0, 0.1) is 10.1 Å². The molecule has 1 atom stereocenters. The van der Waals surface area contributed by atoms with E-state index in [2.05, 4.69) is 0 Å². The van der Waals surface area contributed by atoms with Crippen LogP contribution in [0.4, 0.5) is 5.69 Å². The van der Waals surface area contributed by atoms with Gasteiger partial charge in [-0.05, 0) is 18.8 Å². The molecule has 0 aliphatic rings. The molecule has 0 N–H and O–H groups in total. The summed E-state index contributed by atoms with van der Waals surface area (Å²) in [5.74, 6) is -1.04. The lowest BCUT2D eigenvalue weighted by Gasteiger charge is -2.08. The highest BCUT2D eigenvalue weighted by molar-refractivity contribution is 6.12. The molecule has 0 aliphatic heterocycles. The molecule has 1 unspecified atom stereocenters. The van der Waals surface area contributed by atoms with Crippen LogP contribution < -0.4 is 0 Å². The third kappa shape index (κ3) is 3.06. The summed E-state index contributed by atoms with van der Waals surface area (Å²) < 4.78 is 4.77. The van der Waals surface area contributed by atoms with Crippen LogP contribution in [0.2, 0.25) is 0 Å². The van der Waals surface area contributed by atoms with Crippen LogP contribution >= 0.6 is 0 Å². The van der Waals surface area contributed by atoms with E-state index in [4.69, 9.17) is 12.6 Å². The van der Waals surface area contributed by atoms with Gasteiger partial charge < -0.3 is 4.74 Å². The van der Waals surface area contributed by atoms with Crippen LogP contribution in [-0.2, 0) is 4.74 Å². The number of rotatable bonds is 4. The average molecular weight is 233 g/mol. The van der Waals surface area contributed by atoms with Crippen molar-refractivity contribution >= 4 is 19.5 Å². The molecule has 17 heavy (non-hydrogen) atoms. The van der Waals surface area contributed by atoms with E-state index in [-0.39, 0.29) is 17.9 Å². The molecule has 1 aromatic rings. The maximum atomic E-state index is 11.4. The second-order valence-electron chi connectivity index (χ2n) is 3.54. The first-order valence-corrected chi connectivity index (χ1v) is 5.18. The van der Waals surface area contributed by atoms with E-state index < -0.39 is 16.7 Å². The summed E-state index contributed by atoms with van der Waals surface area (Å²) in [6.45, 7) is 3.54. The number of carbonyl (C=O) groups is 1. The Hall–Kier alpha value is -1.85. The first kappa shape index (κ1) is 13.2. The van der Waals surface area contributed by atoms with Crippen molar-refractivity contribution in [2.45, 2.75) is 19.7 Å². The van der Waals surface area contributed by atoms with Crippen LogP contribution in [0.25, 0.3) is 0 Å². The number of carbonyl (C=O) groups excluding carboxylic acids is 1. The Balaban J connectivity index is 3.19. The first-order chi connectivity index (χ1) is 7.97. The van der Waals surface area contributed by atoms with E-state index in [1.807, 2.05) is 0 Å². The average Bonchev–Trinajstić information content (AvgIpc) is 2.28. The van der Waals surface area contributed by atoms with Crippen LogP contribution in [0.3, 0.4) is 0 Å². The Morgan fingerprint density at radius 3 is 2.71 bits per heavy atom. The largest absolute Gasteiger partial charge is 0.462 e. The van der Waals surface area contributed by atoms with E-state index in [0.29, 0.717) is 5.56 Å². The summed E-state index contributed by atoms with van der Waals surface area (Å²) in [6.07, 6.45) is 0. The van der Waals surface area contributed by atoms with Gasteiger partial charge in [-0.1, -0.05) is 13.0 Å². The van der Waals surface area contributed by atoms with Gasteiger partial charge in [-0.15, -0.1) is 0 Å². The van der Waals surface area contributed by atoms with Crippen LogP contribution in [0.1, 0.15) is 35.6 Å². The molecule has 5 nitrogen and oxygen atoms in total. The number of nitrogens with zero attached hydrogens (tertiary/aromatic N) is 1. The molecule has 0 aromatic heterocycles. The summed E-state index contributed by atoms with van der Waals surface area (Å²) in [4.78, 5) is 21.7. The lowest BCUT2D eigenvalue weighted by molar-refractivity contribution is -0.385. The number of benzene rings is 1. The van der Waals surface area contributed by atoms with Gasteiger partial charge in [-0.25, -0.2) is 4.79 Å². The number of esters is 1. The summed E-state index contributed by atoms with van der Waals surface area (Å²) in [5, 5.41) is 10.9. The van der Waals surface area contributed by atoms with E-state index in [1.54, 1.807) is 13.8 Å². The van der Waals surface area contributed by atoms with Gasteiger partial charge in [0.1, 0.15) is 0 Å². The van der Waals surface area contributed by atoms with Crippen molar-refractivity contribution in [1.29, 1.82) is 0 Å². The molecule has 0 fully saturated rings. The van der Waals surface area contributed by atoms with Gasteiger partial charge in [0.15, 0.2) is 0 Å². The minimum absolute atomic E-state index is 0.156. The number of hydrogen-bond acceptors (Lipinski definition) is 4. The zero-order valence-corrected chi connectivity index (χ0v) is 9.67. The van der Waals surface area contributed by atoms with Crippen molar-refractivity contribution in [2.24, 2.45) is 0 Å². The quantitative estimate of drug-likeness (QED) is 0.345. The fraction of sp³-hybridized carbons (Fsp3) is 0.364. The minimum Gasteiger partial charge on any atom is -0.462 e. The van der Waals surface area contributed by atoms with E-state index in [9.17, 15) is 14.9 Å². The molecule has 0 aliphatic carbocycles. The number of nitro groups is 1. The third-order valence-electron chi connectivity index (χ3n) is 2.23. The number of nitro benzene ring substituents is 1. The van der Waals surface area contributed by atoms with Gasteiger partial charge in [0.2, 0.25) is 0 Å². The maximum Gasteiger partial charge on any atom is 0.338 e. The molecule has 1 aromatic carbocycles. The van der Waals surface area contributed by atoms with E-state index >= 15 is 0 Å². The number of hydrogen-bond donors (Lipinski definition) is 0. The Kier molecular flexibility index (Phi) is 4.26. The van der Waals surface area contributed by atoms with Gasteiger partial charge in [0.05, 0.1) is 24.9 Å². The summed E-state index contributed by atoms with van der Waals surface area (Å²) >= 11 is 0. The van der Waals surface area contributed by atoms with Crippen molar-refractivity contribution in [3.8, 4) is 0 Å². The fourth-order valence-corrected chi connectivity index (χ4v) is 1.43. The smallest absolute Gasteiger partial charge is 0.338 e. The molecule has 0 saturated carbocycles. The second-order valence-corrected chi connectivity index (χ2v) is 3.54. The number of ether oxygens (including phenoxy) is 1. The van der Waals surface area contributed by atoms with Crippen molar-refractivity contribution in [1.82, 2.24) is 0 Å². The molecule has 88 valence electrons. The van der Waals surface area contributed by atoms with E-state index in [1.165, 1.54) is 18.2 Å². The lowest BCUT2D eigenvalue weighted by Crippen LogP contribution is -2.07. The summed E-state index contributed by atoms with van der Waals surface area (Å²) in [6, 6.07) is 4.15. The first-order valence-electron chi connectivity index (χ1n) is 5.18. The highest BCUT2D eigenvalue weighted by Crippen LogP contribution is 2.26. The summed E-state index contributed by atoms with van der Waals surface area (Å²) in [5.41, 5.74) is 0.386. The molecule has 1 rings (SSSR count). The van der Waals surface area contributed by atoms with Crippen LogP contribution in [0.5, 0.6) is 0 Å². The molecule has 0 amide bonds. The topological polar surface area (TPSA) is 69.4 Å². The Bertz CT molecular complexity index is 445. The molecule has 0 spiro atoms. The molecule has 2 radical (unpaired) electrons. The highest BCUT2D eigenvalue weighted by Gasteiger charge is 2.19. The molecule has 6 heteroatoms. The Labute approximate surface area is 100 Å². The van der Waals surface area contributed by atoms with Gasteiger partial charge >= 0.3 is 5.97 Å². The van der Waals surface area contributed by atoms with Gasteiger partial charge in [-0.2, -0.15) is 0 Å². The zero-order chi connectivity index (χ0) is 13.0. The second kappa shape index (κ2) is 5.47. The van der Waals surface area contributed by atoms with E-state index in [0.717, 1.165) is 0 Å². The van der Waals surface area contributed by atoms with Crippen molar-refractivity contribution in [3.05, 3.63) is 39.4 Å². The Morgan fingerprint density at radius 1 is 1.59 bits per heavy atom. The maximum absolute atomic E-state index is 11.4. The zero-order valence-electron chi connectivity index (χ0n) is 9.67. The van der Waals surface area contributed by atoms with Gasteiger partial charge in [0.25, 0.3) is 5.69 Å². The lowest BCUT2D eigenvalue weighted by atomic mass is 9.82. The SMILES string of the molecule is [B]C(C)c1ccc(C(=O)OCC)cc1[N+](=O)[O-]. The molecule has 0 bridgehead atoms. The van der Waals surface area contributed by atoms with Crippen LogP contribution in [0.15, 0.2) is 18.2 Å². The monoisotopic (exact) mass is 233 g/mol. The fourth-order valence-electron chi connectivity index (χ4n) is 1.43.